The van der Waals surface area contributed by atoms with Crippen LogP contribution in [0.25, 0.3) is 33.5 Å². The molecule has 0 aliphatic heterocycles. The van der Waals surface area contributed by atoms with Crippen molar-refractivity contribution in [2.24, 2.45) is 12.5 Å². The third kappa shape index (κ3) is 7.25. The Morgan fingerprint density at radius 2 is 1.61 bits per heavy atom. The molecule has 0 amide bonds. The van der Waals surface area contributed by atoms with E-state index in [1.165, 1.54) is 11.7 Å². The van der Waals surface area contributed by atoms with Gasteiger partial charge < -0.3 is 18.9 Å². The van der Waals surface area contributed by atoms with Gasteiger partial charge in [-0.15, -0.1) is 0 Å². The summed E-state index contributed by atoms with van der Waals surface area (Å²) in [5.41, 5.74) is 4.97. The average molecular weight is 691 g/mol. The summed E-state index contributed by atoms with van der Waals surface area (Å²) in [6.07, 6.45) is 0. The number of para-hydroxylation sites is 1. The molecule has 0 spiro atoms. The molecule has 0 bridgehead atoms. The Hall–Kier alpha value is -6.17. The summed E-state index contributed by atoms with van der Waals surface area (Å²) in [6.45, 7) is 7.88. The zero-order valence-electron chi connectivity index (χ0n) is 29.3. The number of imidazole rings is 1. The molecule has 12 heteroatoms. The fraction of sp³-hybridized carbons (Fsp3) is 0.256. The van der Waals surface area contributed by atoms with E-state index in [0.29, 0.717) is 52.9 Å². The smallest absolute Gasteiger partial charge is 0.441 e. The van der Waals surface area contributed by atoms with Crippen molar-refractivity contribution in [3.63, 3.8) is 0 Å². The highest BCUT2D eigenvalue weighted by Gasteiger charge is 2.25. The molecule has 262 valence electrons. The van der Waals surface area contributed by atoms with Crippen LogP contribution in [-0.4, -0.2) is 44.9 Å². The number of aromatic nitrogens is 4. The van der Waals surface area contributed by atoms with Gasteiger partial charge in [0.25, 0.3) is 6.01 Å². The highest BCUT2D eigenvalue weighted by molar-refractivity contribution is 6.02. The molecule has 6 rings (SSSR count). The Morgan fingerprint density at radius 3 is 2.27 bits per heavy atom. The van der Waals surface area contributed by atoms with E-state index in [4.69, 9.17) is 23.5 Å². The fourth-order valence-corrected chi connectivity index (χ4v) is 5.50. The Morgan fingerprint density at radius 1 is 0.882 bits per heavy atom. The van der Waals surface area contributed by atoms with Gasteiger partial charge in [-0.05, 0) is 74.2 Å². The molecular formula is C39H38N4O8. The third-order valence-electron chi connectivity index (χ3n) is 8.21. The summed E-state index contributed by atoms with van der Waals surface area (Å²) >= 11 is 0. The summed E-state index contributed by atoms with van der Waals surface area (Å²) in [4.78, 5) is 42.7. The van der Waals surface area contributed by atoms with Crippen LogP contribution in [0.4, 0.5) is 0 Å². The van der Waals surface area contributed by atoms with Crippen molar-refractivity contribution in [3.05, 3.63) is 112 Å². The van der Waals surface area contributed by atoms with Crippen LogP contribution in [-0.2, 0) is 29.7 Å². The number of esters is 2. The number of nitrogens with zero attached hydrogens (tertiary/aromatic N) is 4. The Balaban J connectivity index is 1.25. The van der Waals surface area contributed by atoms with Gasteiger partial charge in [-0.25, -0.2) is 9.59 Å². The molecule has 0 saturated carbocycles. The first-order valence-corrected chi connectivity index (χ1v) is 16.4. The third-order valence-corrected chi connectivity index (χ3v) is 8.21. The number of methoxy groups -OCH3 is 1. The molecule has 0 saturated heterocycles. The molecule has 6 aromatic rings. The van der Waals surface area contributed by atoms with E-state index >= 15 is 0 Å². The van der Waals surface area contributed by atoms with E-state index in [-0.39, 0.29) is 12.4 Å². The van der Waals surface area contributed by atoms with Crippen molar-refractivity contribution < 1.29 is 33.1 Å². The molecule has 2 aromatic heterocycles. The normalized spacial score (nSPS) is 11.4. The number of carbonyl (C=O) groups is 2. The fourth-order valence-electron chi connectivity index (χ4n) is 5.50. The van der Waals surface area contributed by atoms with Gasteiger partial charge in [0.15, 0.2) is 17.3 Å². The summed E-state index contributed by atoms with van der Waals surface area (Å²) in [5, 5.41) is 3.97. The maximum absolute atomic E-state index is 13.6. The van der Waals surface area contributed by atoms with Crippen LogP contribution in [0.1, 0.15) is 49.2 Å². The summed E-state index contributed by atoms with van der Waals surface area (Å²) in [5.74, 6) is -0.408. The number of hydrogen-bond donors (Lipinski definition) is 0. The zero-order chi connectivity index (χ0) is 36.3. The van der Waals surface area contributed by atoms with Crippen LogP contribution in [0.2, 0.25) is 0 Å². The van der Waals surface area contributed by atoms with Crippen LogP contribution in [0.15, 0.2) is 94.2 Å². The topological polar surface area (TPSA) is 137 Å². The quantitative estimate of drug-likeness (QED) is 0.105. The molecule has 0 radical (unpaired) electrons. The van der Waals surface area contributed by atoms with Crippen molar-refractivity contribution in [1.82, 2.24) is 19.3 Å². The highest BCUT2D eigenvalue weighted by Crippen LogP contribution is 2.33. The summed E-state index contributed by atoms with van der Waals surface area (Å²) < 4.78 is 30.8. The zero-order valence-corrected chi connectivity index (χ0v) is 29.3. The standard InChI is InChI=1S/C39H38N4O8/c1-7-48-37-40-30-14-10-13-29(35(44)49-23-25-17-20-31(32(21-25)47-6)50-36(45)39(2,3)4)33(30)43(37)22-24-15-18-26(19-16-24)27-11-8-9-12-28(27)34-41-51-38(46)42(34)5/h8-21H,7,22-23H2,1-6H3. The van der Waals surface area contributed by atoms with Crippen LogP contribution in [0.5, 0.6) is 17.5 Å². The molecule has 0 aliphatic carbocycles. The average Bonchev–Trinajstić information content (AvgIpc) is 3.65. The van der Waals surface area contributed by atoms with Crippen molar-refractivity contribution in [2.75, 3.05) is 13.7 Å². The van der Waals surface area contributed by atoms with Gasteiger partial charge in [-0.2, -0.15) is 4.98 Å². The lowest BCUT2D eigenvalue weighted by atomic mass is 9.97. The minimum atomic E-state index is -0.688. The maximum atomic E-state index is 13.6. The van der Waals surface area contributed by atoms with Gasteiger partial charge in [0.2, 0.25) is 0 Å². The predicted octanol–water partition coefficient (Wildman–Crippen LogP) is 6.82. The Bertz CT molecular complexity index is 2280. The molecule has 4 aromatic carbocycles. The SMILES string of the molecule is CCOc1nc2cccc(C(=O)OCc3ccc(OC(=O)C(C)(C)C)c(OC)c3)c2n1Cc1ccc(-c2ccccc2-c2noc(=O)n2C)cc1. The maximum Gasteiger partial charge on any atom is 0.441 e. The minimum Gasteiger partial charge on any atom is -0.493 e. The van der Waals surface area contributed by atoms with Gasteiger partial charge >= 0.3 is 17.7 Å². The largest absolute Gasteiger partial charge is 0.493 e. The number of ether oxygens (including phenoxy) is 4. The van der Waals surface area contributed by atoms with Crippen molar-refractivity contribution in [3.8, 4) is 40.0 Å². The molecule has 0 fully saturated rings. The van der Waals surface area contributed by atoms with E-state index in [2.05, 4.69) is 10.1 Å². The number of benzene rings is 4. The van der Waals surface area contributed by atoms with E-state index in [1.54, 1.807) is 58.2 Å². The Kier molecular flexibility index (Phi) is 9.77. The summed E-state index contributed by atoms with van der Waals surface area (Å²) in [7, 11) is 3.10. The Labute approximate surface area is 294 Å². The van der Waals surface area contributed by atoms with Crippen LogP contribution in [0, 0.1) is 5.41 Å². The second-order valence-electron chi connectivity index (χ2n) is 12.9. The molecule has 2 heterocycles. The van der Waals surface area contributed by atoms with Gasteiger partial charge in [-0.1, -0.05) is 65.8 Å². The van der Waals surface area contributed by atoms with E-state index in [1.807, 2.05) is 66.1 Å². The molecule has 51 heavy (non-hydrogen) atoms. The predicted molar refractivity (Wildman–Crippen MR) is 190 cm³/mol. The molecule has 0 N–H and O–H groups in total. The van der Waals surface area contributed by atoms with Gasteiger partial charge in [0.1, 0.15) is 6.61 Å². The van der Waals surface area contributed by atoms with Gasteiger partial charge in [-0.3, -0.25) is 18.5 Å². The van der Waals surface area contributed by atoms with Crippen molar-refractivity contribution >= 4 is 23.0 Å². The van der Waals surface area contributed by atoms with Gasteiger partial charge in [0.05, 0.1) is 42.3 Å². The molecule has 12 nitrogen and oxygen atoms in total. The van der Waals surface area contributed by atoms with Crippen molar-refractivity contribution in [1.29, 1.82) is 0 Å². The minimum absolute atomic E-state index is 0.0447. The first kappa shape index (κ1) is 34.7. The lowest BCUT2D eigenvalue weighted by molar-refractivity contribution is -0.143. The van der Waals surface area contributed by atoms with Crippen LogP contribution >= 0.6 is 0 Å². The van der Waals surface area contributed by atoms with E-state index < -0.39 is 23.1 Å². The van der Waals surface area contributed by atoms with Crippen molar-refractivity contribution in [2.45, 2.75) is 40.8 Å². The highest BCUT2D eigenvalue weighted by atomic mass is 16.6. The number of carbonyl (C=O) groups excluding carboxylic acids is 2. The van der Waals surface area contributed by atoms with E-state index in [0.717, 1.165) is 22.3 Å². The number of rotatable bonds is 11. The number of hydrogen-bond acceptors (Lipinski definition) is 10. The summed E-state index contributed by atoms with van der Waals surface area (Å²) in [6, 6.07) is 26.3. The molecule has 0 atom stereocenters. The second-order valence-corrected chi connectivity index (χ2v) is 12.9. The molecule has 0 unspecified atom stereocenters. The first-order valence-electron chi connectivity index (χ1n) is 16.4. The molecule has 0 aliphatic rings. The number of fused-ring (bicyclic) bond motifs is 1. The van der Waals surface area contributed by atoms with Crippen LogP contribution < -0.4 is 20.0 Å². The monoisotopic (exact) mass is 690 g/mol. The lowest BCUT2D eigenvalue weighted by Crippen LogP contribution is -2.25. The molecular weight excluding hydrogens is 652 g/mol. The second kappa shape index (κ2) is 14.4. The first-order chi connectivity index (χ1) is 24.5. The lowest BCUT2D eigenvalue weighted by Gasteiger charge is -2.18. The van der Waals surface area contributed by atoms with E-state index in [9.17, 15) is 14.4 Å². The van der Waals surface area contributed by atoms with Gasteiger partial charge in [0, 0.05) is 12.6 Å². The van der Waals surface area contributed by atoms with Crippen LogP contribution in [0.3, 0.4) is 0 Å².